The van der Waals surface area contributed by atoms with Crippen LogP contribution in [0.4, 0.5) is 5.69 Å². The molecule has 0 radical (unpaired) electrons. The van der Waals surface area contributed by atoms with Gasteiger partial charge in [0, 0.05) is 37.5 Å². The van der Waals surface area contributed by atoms with Crippen molar-refractivity contribution < 1.29 is 14.3 Å². The van der Waals surface area contributed by atoms with Crippen LogP contribution >= 0.6 is 0 Å². The van der Waals surface area contributed by atoms with Crippen LogP contribution in [0.1, 0.15) is 22.8 Å². The van der Waals surface area contributed by atoms with Crippen LogP contribution in [0.5, 0.6) is 11.5 Å². The topological polar surface area (TPSA) is 84.0 Å². The molecule has 7 nitrogen and oxygen atoms in total. The Morgan fingerprint density at radius 2 is 1.70 bits per heavy atom. The molecule has 0 saturated carbocycles. The van der Waals surface area contributed by atoms with Gasteiger partial charge < -0.3 is 25.4 Å². The van der Waals surface area contributed by atoms with Gasteiger partial charge in [-0.15, -0.1) is 0 Å². The summed E-state index contributed by atoms with van der Waals surface area (Å²) < 4.78 is 10.6. The summed E-state index contributed by atoms with van der Waals surface area (Å²) in [5.74, 6) is 1.86. The van der Waals surface area contributed by atoms with Crippen LogP contribution in [0.3, 0.4) is 0 Å². The maximum atomic E-state index is 11.8. The fourth-order valence-electron chi connectivity index (χ4n) is 2.45. The summed E-state index contributed by atoms with van der Waals surface area (Å²) in [5.41, 5.74) is 2.51. The second-order valence-electron chi connectivity index (χ2n) is 5.68. The molecule has 1 amide bonds. The zero-order valence-electron chi connectivity index (χ0n) is 16.1. The number of aliphatic imine (C=N–C) groups is 1. The molecular formula is C20H26N4O3. The minimum absolute atomic E-state index is 0.0667. The molecule has 2 aromatic rings. The first-order valence-corrected chi connectivity index (χ1v) is 8.68. The van der Waals surface area contributed by atoms with E-state index in [4.69, 9.17) is 9.47 Å². The average molecular weight is 370 g/mol. The van der Waals surface area contributed by atoms with Crippen LogP contribution in [0.15, 0.2) is 47.5 Å². The highest BCUT2D eigenvalue weighted by atomic mass is 16.5. The number of nitrogens with one attached hydrogen (secondary N) is 3. The monoisotopic (exact) mass is 370 g/mol. The number of nitrogens with zero attached hydrogens (tertiary/aromatic N) is 1. The van der Waals surface area contributed by atoms with Gasteiger partial charge in [0.25, 0.3) is 5.91 Å². The summed E-state index contributed by atoms with van der Waals surface area (Å²) in [6.45, 7) is 3.08. The van der Waals surface area contributed by atoms with E-state index in [2.05, 4.69) is 20.9 Å². The molecule has 0 aliphatic rings. The summed E-state index contributed by atoms with van der Waals surface area (Å²) in [7, 11) is 4.90. The summed E-state index contributed by atoms with van der Waals surface area (Å²) in [6.07, 6.45) is 0. The fraction of sp³-hybridized carbons (Fsp3) is 0.300. The number of carbonyl (C=O) groups is 1. The molecular weight excluding hydrogens is 344 g/mol. The lowest BCUT2D eigenvalue weighted by atomic mass is 10.1. The van der Waals surface area contributed by atoms with Gasteiger partial charge in [-0.2, -0.15) is 0 Å². The lowest BCUT2D eigenvalue weighted by Crippen LogP contribution is -2.30. The van der Waals surface area contributed by atoms with Crippen molar-refractivity contribution >= 4 is 17.6 Å². The standard InChI is InChI=1S/C20H26N4O3/c1-5-22-19(25)15-8-6-14(7-9-15)13-23-20(21-2)24-16-10-11-17(26-3)18(12-16)27-4/h6-12H,5,13H2,1-4H3,(H,22,25)(H2,21,23,24). The molecule has 7 heteroatoms. The summed E-state index contributed by atoms with van der Waals surface area (Å²) >= 11 is 0. The quantitative estimate of drug-likeness (QED) is 0.515. The van der Waals surface area contributed by atoms with Crippen molar-refractivity contribution in [3.8, 4) is 11.5 Å². The number of carbonyl (C=O) groups excluding carboxylic acids is 1. The highest BCUT2D eigenvalue weighted by Gasteiger charge is 2.07. The Balaban J connectivity index is 1.97. The third-order valence-corrected chi connectivity index (χ3v) is 3.88. The smallest absolute Gasteiger partial charge is 0.251 e. The molecule has 0 atom stereocenters. The first-order chi connectivity index (χ1) is 13.1. The van der Waals surface area contributed by atoms with Crippen molar-refractivity contribution in [2.75, 3.05) is 33.1 Å². The molecule has 3 N–H and O–H groups in total. The van der Waals surface area contributed by atoms with Crippen LogP contribution in [0, 0.1) is 0 Å². The fourth-order valence-corrected chi connectivity index (χ4v) is 2.45. The number of methoxy groups -OCH3 is 2. The Labute approximate surface area is 159 Å². The number of benzene rings is 2. The van der Waals surface area contributed by atoms with Gasteiger partial charge in [0.2, 0.25) is 0 Å². The zero-order chi connectivity index (χ0) is 19.6. The van der Waals surface area contributed by atoms with Gasteiger partial charge in [-0.25, -0.2) is 0 Å². The average Bonchev–Trinajstić information content (AvgIpc) is 2.71. The first kappa shape index (κ1) is 20.1. The lowest BCUT2D eigenvalue weighted by Gasteiger charge is -2.14. The molecule has 27 heavy (non-hydrogen) atoms. The molecule has 0 saturated heterocycles. The molecule has 0 aliphatic heterocycles. The maximum absolute atomic E-state index is 11.8. The Hall–Kier alpha value is -3.22. The van der Waals surface area contributed by atoms with Crippen molar-refractivity contribution in [1.29, 1.82) is 0 Å². The Kier molecular flexibility index (Phi) is 7.49. The molecule has 0 unspecified atom stereocenters. The number of hydrogen-bond acceptors (Lipinski definition) is 4. The Morgan fingerprint density at radius 1 is 1.00 bits per heavy atom. The van der Waals surface area contributed by atoms with Crippen LogP contribution in [0.25, 0.3) is 0 Å². The van der Waals surface area contributed by atoms with E-state index in [-0.39, 0.29) is 5.91 Å². The van der Waals surface area contributed by atoms with Gasteiger partial charge in [-0.05, 0) is 36.8 Å². The molecule has 0 fully saturated rings. The molecule has 2 rings (SSSR count). The van der Waals surface area contributed by atoms with Gasteiger partial charge in [0.1, 0.15) is 0 Å². The van der Waals surface area contributed by atoms with E-state index in [1.165, 1.54) is 0 Å². The van der Waals surface area contributed by atoms with Gasteiger partial charge >= 0.3 is 0 Å². The van der Waals surface area contributed by atoms with E-state index in [1.54, 1.807) is 21.3 Å². The maximum Gasteiger partial charge on any atom is 0.251 e. The third-order valence-electron chi connectivity index (χ3n) is 3.88. The van der Waals surface area contributed by atoms with Gasteiger partial charge in [0.05, 0.1) is 14.2 Å². The first-order valence-electron chi connectivity index (χ1n) is 8.68. The highest BCUT2D eigenvalue weighted by Crippen LogP contribution is 2.29. The third kappa shape index (κ3) is 5.64. The SMILES string of the molecule is CCNC(=O)c1ccc(CNC(=NC)Nc2ccc(OC)c(OC)c2)cc1. The molecule has 0 bridgehead atoms. The minimum Gasteiger partial charge on any atom is -0.493 e. The number of guanidine groups is 1. The van der Waals surface area contributed by atoms with E-state index in [1.807, 2.05) is 49.4 Å². The van der Waals surface area contributed by atoms with Gasteiger partial charge in [0.15, 0.2) is 17.5 Å². The van der Waals surface area contributed by atoms with Crippen molar-refractivity contribution in [3.05, 3.63) is 53.6 Å². The molecule has 0 spiro atoms. The Bertz CT molecular complexity index is 788. The van der Waals surface area contributed by atoms with Crippen LogP contribution in [-0.4, -0.2) is 39.7 Å². The number of rotatable bonds is 7. The van der Waals surface area contributed by atoms with E-state index in [9.17, 15) is 4.79 Å². The number of anilines is 1. The predicted molar refractivity (Wildman–Crippen MR) is 108 cm³/mol. The Morgan fingerprint density at radius 3 is 2.30 bits per heavy atom. The molecule has 0 aromatic heterocycles. The minimum atomic E-state index is -0.0667. The van der Waals surface area contributed by atoms with Crippen molar-refractivity contribution in [3.63, 3.8) is 0 Å². The second-order valence-corrected chi connectivity index (χ2v) is 5.68. The van der Waals surface area contributed by atoms with E-state index < -0.39 is 0 Å². The summed E-state index contributed by atoms with van der Waals surface area (Å²) in [6, 6.07) is 13.0. The van der Waals surface area contributed by atoms with E-state index >= 15 is 0 Å². The van der Waals surface area contributed by atoms with Crippen LogP contribution in [-0.2, 0) is 6.54 Å². The van der Waals surface area contributed by atoms with Gasteiger partial charge in [-0.3, -0.25) is 9.79 Å². The van der Waals surface area contributed by atoms with E-state index in [0.29, 0.717) is 36.1 Å². The molecule has 2 aromatic carbocycles. The summed E-state index contributed by atoms with van der Waals surface area (Å²) in [4.78, 5) is 16.0. The summed E-state index contributed by atoms with van der Waals surface area (Å²) in [5, 5.41) is 9.23. The largest absolute Gasteiger partial charge is 0.493 e. The second kappa shape index (κ2) is 10.1. The van der Waals surface area contributed by atoms with Crippen molar-refractivity contribution in [2.45, 2.75) is 13.5 Å². The normalized spacial score (nSPS) is 10.9. The van der Waals surface area contributed by atoms with E-state index in [0.717, 1.165) is 11.3 Å². The van der Waals surface area contributed by atoms with Crippen LogP contribution < -0.4 is 25.4 Å². The van der Waals surface area contributed by atoms with Crippen LogP contribution in [0.2, 0.25) is 0 Å². The molecule has 144 valence electrons. The zero-order valence-corrected chi connectivity index (χ0v) is 16.1. The molecule has 0 aliphatic carbocycles. The molecule has 0 heterocycles. The number of amides is 1. The predicted octanol–water partition coefficient (Wildman–Crippen LogP) is 2.64. The number of hydrogen-bond donors (Lipinski definition) is 3. The van der Waals surface area contributed by atoms with Crippen molar-refractivity contribution in [1.82, 2.24) is 10.6 Å². The number of ether oxygens (including phenoxy) is 2. The highest BCUT2D eigenvalue weighted by molar-refractivity contribution is 5.94. The van der Waals surface area contributed by atoms with Crippen molar-refractivity contribution in [2.24, 2.45) is 4.99 Å². The van der Waals surface area contributed by atoms with Gasteiger partial charge in [-0.1, -0.05) is 12.1 Å². The lowest BCUT2D eigenvalue weighted by molar-refractivity contribution is 0.0956.